The lowest BCUT2D eigenvalue weighted by molar-refractivity contribution is -0.122. The number of hydrogen-bond acceptors (Lipinski definition) is 4. The summed E-state index contributed by atoms with van der Waals surface area (Å²) < 4.78 is 34.2. The van der Waals surface area contributed by atoms with Gasteiger partial charge in [0.05, 0.1) is 7.11 Å². The number of hydrogen-bond donors (Lipinski definition) is 2. The largest absolute Gasteiger partial charge is 0.493 e. The van der Waals surface area contributed by atoms with Crippen LogP contribution in [0.3, 0.4) is 0 Å². The molecule has 0 fully saturated rings. The van der Waals surface area contributed by atoms with Gasteiger partial charge in [-0.15, -0.1) is 0 Å². The zero-order chi connectivity index (χ0) is 23.2. The Morgan fingerprint density at radius 3 is 2.23 bits per heavy atom. The topological polar surface area (TPSA) is 76.7 Å². The van der Waals surface area contributed by atoms with Crippen LogP contribution in [0, 0.1) is 0 Å². The molecule has 0 unspecified atom stereocenters. The standard InChI is InChI=1S/C23H28F2N2O4/c1-14(27-21(29)16-7-9-17(10-8-16)23(2,3)4)20(28)26-13-15-6-11-18(31-22(24)25)19(12-15)30-5/h6-12,14,22H,13H2,1-5H3,(H,26,28)(H,27,29)/t14-/m0/s1. The zero-order valence-electron chi connectivity index (χ0n) is 18.3. The smallest absolute Gasteiger partial charge is 0.387 e. The second-order valence-electron chi connectivity index (χ2n) is 8.10. The van der Waals surface area contributed by atoms with Crippen LogP contribution in [0.1, 0.15) is 49.2 Å². The number of benzene rings is 2. The quantitative estimate of drug-likeness (QED) is 0.658. The van der Waals surface area contributed by atoms with Crippen molar-refractivity contribution in [3.8, 4) is 11.5 Å². The number of ether oxygens (including phenoxy) is 2. The van der Waals surface area contributed by atoms with Crippen molar-refractivity contribution < 1.29 is 27.8 Å². The molecule has 8 heteroatoms. The summed E-state index contributed by atoms with van der Waals surface area (Å²) in [6.07, 6.45) is 0. The summed E-state index contributed by atoms with van der Waals surface area (Å²) in [6.45, 7) is 5.01. The highest BCUT2D eigenvalue weighted by atomic mass is 19.3. The van der Waals surface area contributed by atoms with Gasteiger partial charge in [-0.3, -0.25) is 9.59 Å². The lowest BCUT2D eigenvalue weighted by atomic mass is 9.86. The Bertz CT molecular complexity index is 909. The molecule has 0 saturated heterocycles. The van der Waals surface area contributed by atoms with E-state index >= 15 is 0 Å². The minimum atomic E-state index is -2.96. The van der Waals surface area contributed by atoms with Crippen molar-refractivity contribution in [2.24, 2.45) is 0 Å². The van der Waals surface area contributed by atoms with E-state index in [1.807, 2.05) is 12.1 Å². The van der Waals surface area contributed by atoms with Crippen LogP contribution < -0.4 is 20.1 Å². The highest BCUT2D eigenvalue weighted by Crippen LogP contribution is 2.29. The van der Waals surface area contributed by atoms with Gasteiger partial charge in [-0.05, 0) is 47.7 Å². The van der Waals surface area contributed by atoms with Gasteiger partial charge in [0, 0.05) is 12.1 Å². The van der Waals surface area contributed by atoms with E-state index in [0.29, 0.717) is 11.1 Å². The maximum absolute atomic E-state index is 12.4. The van der Waals surface area contributed by atoms with Gasteiger partial charge in [-0.2, -0.15) is 8.78 Å². The average Bonchev–Trinajstić information content (AvgIpc) is 2.71. The summed E-state index contributed by atoms with van der Waals surface area (Å²) in [5.41, 5.74) is 2.18. The molecule has 2 aromatic rings. The van der Waals surface area contributed by atoms with E-state index in [1.54, 1.807) is 25.1 Å². The molecule has 2 rings (SSSR count). The van der Waals surface area contributed by atoms with Gasteiger partial charge < -0.3 is 20.1 Å². The molecule has 31 heavy (non-hydrogen) atoms. The molecular formula is C23H28F2N2O4. The third kappa shape index (κ3) is 6.94. The first-order valence-electron chi connectivity index (χ1n) is 9.82. The maximum atomic E-state index is 12.4. The van der Waals surface area contributed by atoms with Gasteiger partial charge >= 0.3 is 6.61 Å². The Balaban J connectivity index is 1.93. The summed E-state index contributed by atoms with van der Waals surface area (Å²) in [5.74, 6) is -0.692. The second kappa shape index (κ2) is 10.2. The number of rotatable bonds is 8. The fraction of sp³-hybridized carbons (Fsp3) is 0.391. The number of alkyl halides is 2. The monoisotopic (exact) mass is 434 g/mol. The molecule has 1 atom stereocenters. The molecular weight excluding hydrogens is 406 g/mol. The molecule has 0 saturated carbocycles. The second-order valence-corrected chi connectivity index (χ2v) is 8.10. The number of amides is 2. The molecule has 0 aliphatic heterocycles. The van der Waals surface area contributed by atoms with Crippen molar-refractivity contribution in [3.05, 3.63) is 59.2 Å². The van der Waals surface area contributed by atoms with E-state index in [4.69, 9.17) is 4.74 Å². The van der Waals surface area contributed by atoms with Crippen LogP contribution >= 0.6 is 0 Å². The van der Waals surface area contributed by atoms with Crippen molar-refractivity contribution in [1.82, 2.24) is 10.6 Å². The molecule has 0 aliphatic rings. The molecule has 0 spiro atoms. The summed E-state index contributed by atoms with van der Waals surface area (Å²) >= 11 is 0. The van der Waals surface area contributed by atoms with Crippen molar-refractivity contribution in [2.45, 2.75) is 52.3 Å². The SMILES string of the molecule is COc1cc(CNC(=O)[C@H](C)NC(=O)c2ccc(C(C)(C)C)cc2)ccc1OC(F)F. The van der Waals surface area contributed by atoms with E-state index in [9.17, 15) is 18.4 Å². The van der Waals surface area contributed by atoms with Crippen LogP contribution in [-0.2, 0) is 16.8 Å². The first-order chi connectivity index (χ1) is 14.5. The van der Waals surface area contributed by atoms with Crippen LogP contribution in [0.15, 0.2) is 42.5 Å². The number of halogens is 2. The van der Waals surface area contributed by atoms with Crippen molar-refractivity contribution in [2.75, 3.05) is 7.11 Å². The molecule has 2 amide bonds. The lowest BCUT2D eigenvalue weighted by Crippen LogP contribution is -2.44. The van der Waals surface area contributed by atoms with Gasteiger partial charge in [0.2, 0.25) is 5.91 Å². The molecule has 0 aromatic heterocycles. The number of carbonyl (C=O) groups is 2. The van der Waals surface area contributed by atoms with E-state index in [1.165, 1.54) is 19.2 Å². The Morgan fingerprint density at radius 2 is 1.68 bits per heavy atom. The minimum Gasteiger partial charge on any atom is -0.493 e. The third-order valence-corrected chi connectivity index (χ3v) is 4.66. The van der Waals surface area contributed by atoms with Gasteiger partial charge in [-0.1, -0.05) is 39.0 Å². The van der Waals surface area contributed by atoms with Crippen LogP contribution in [0.25, 0.3) is 0 Å². The lowest BCUT2D eigenvalue weighted by Gasteiger charge is -2.19. The van der Waals surface area contributed by atoms with Crippen LogP contribution in [-0.4, -0.2) is 31.6 Å². The van der Waals surface area contributed by atoms with E-state index in [-0.39, 0.29) is 35.3 Å². The normalized spacial score (nSPS) is 12.3. The fourth-order valence-corrected chi connectivity index (χ4v) is 2.82. The summed E-state index contributed by atoms with van der Waals surface area (Å²) in [5, 5.41) is 5.36. The molecule has 2 N–H and O–H groups in total. The van der Waals surface area contributed by atoms with Crippen LogP contribution in [0.2, 0.25) is 0 Å². The zero-order valence-corrected chi connectivity index (χ0v) is 18.3. The predicted molar refractivity (Wildman–Crippen MR) is 114 cm³/mol. The number of nitrogens with one attached hydrogen (secondary N) is 2. The van der Waals surface area contributed by atoms with E-state index in [2.05, 4.69) is 36.1 Å². The van der Waals surface area contributed by atoms with Crippen LogP contribution in [0.4, 0.5) is 8.78 Å². The Labute approximate surface area is 180 Å². The van der Waals surface area contributed by atoms with Gasteiger partial charge in [0.25, 0.3) is 5.91 Å². The molecule has 0 radical (unpaired) electrons. The molecule has 168 valence electrons. The molecule has 2 aromatic carbocycles. The summed E-state index contributed by atoms with van der Waals surface area (Å²) in [6, 6.07) is 10.9. The molecule has 0 heterocycles. The van der Waals surface area contributed by atoms with E-state index < -0.39 is 12.7 Å². The third-order valence-electron chi connectivity index (χ3n) is 4.66. The number of carbonyl (C=O) groups excluding carboxylic acids is 2. The maximum Gasteiger partial charge on any atom is 0.387 e. The van der Waals surface area contributed by atoms with Crippen molar-refractivity contribution >= 4 is 11.8 Å². The highest BCUT2D eigenvalue weighted by Gasteiger charge is 2.18. The minimum absolute atomic E-state index is 0.0192. The summed E-state index contributed by atoms with van der Waals surface area (Å²) in [4.78, 5) is 24.8. The fourth-order valence-electron chi connectivity index (χ4n) is 2.82. The van der Waals surface area contributed by atoms with Crippen molar-refractivity contribution in [1.29, 1.82) is 0 Å². The Kier molecular flexibility index (Phi) is 7.96. The average molecular weight is 434 g/mol. The van der Waals surface area contributed by atoms with Crippen LogP contribution in [0.5, 0.6) is 11.5 Å². The van der Waals surface area contributed by atoms with Gasteiger partial charge in [0.15, 0.2) is 11.5 Å². The molecule has 0 bridgehead atoms. The first-order valence-corrected chi connectivity index (χ1v) is 9.82. The van der Waals surface area contributed by atoms with Crippen molar-refractivity contribution in [3.63, 3.8) is 0 Å². The molecule has 6 nitrogen and oxygen atoms in total. The Hall–Kier alpha value is -3.16. The first kappa shape index (κ1) is 24.1. The number of methoxy groups -OCH3 is 1. The Morgan fingerprint density at radius 1 is 1.03 bits per heavy atom. The van der Waals surface area contributed by atoms with Gasteiger partial charge in [-0.25, -0.2) is 0 Å². The highest BCUT2D eigenvalue weighted by molar-refractivity contribution is 5.97. The van der Waals surface area contributed by atoms with Gasteiger partial charge in [0.1, 0.15) is 6.04 Å². The summed E-state index contributed by atoms with van der Waals surface area (Å²) in [7, 11) is 1.33. The van der Waals surface area contributed by atoms with E-state index in [0.717, 1.165) is 5.56 Å². The predicted octanol–water partition coefficient (Wildman–Crippen LogP) is 4.03. The molecule has 0 aliphatic carbocycles.